The maximum Gasteiger partial charge on any atom is 0.336 e. The molecule has 20 heavy (non-hydrogen) atoms. The zero-order chi connectivity index (χ0) is 14.4. The van der Waals surface area contributed by atoms with E-state index in [4.69, 9.17) is 5.11 Å². The van der Waals surface area contributed by atoms with Crippen LogP contribution in [0.5, 0.6) is 0 Å². The summed E-state index contributed by atoms with van der Waals surface area (Å²) in [4.78, 5) is 36.9. The average Bonchev–Trinajstić information content (AvgIpc) is 2.85. The number of piperidine rings is 1. The number of rotatable bonds is 2. The van der Waals surface area contributed by atoms with Gasteiger partial charge in [-0.25, -0.2) is 4.79 Å². The smallest absolute Gasteiger partial charge is 0.336 e. The van der Waals surface area contributed by atoms with Crippen molar-refractivity contribution < 1.29 is 19.5 Å². The van der Waals surface area contributed by atoms with Gasteiger partial charge in [0.1, 0.15) is 0 Å². The molecule has 0 aromatic heterocycles. The minimum atomic E-state index is -1.10. The summed E-state index contributed by atoms with van der Waals surface area (Å²) >= 11 is 3.15. The van der Waals surface area contributed by atoms with Crippen LogP contribution in [0.15, 0.2) is 22.7 Å². The van der Waals surface area contributed by atoms with Gasteiger partial charge in [0.05, 0.1) is 11.3 Å². The zero-order valence-corrected chi connectivity index (χ0v) is 12.1. The molecule has 5 nitrogen and oxygen atoms in total. The molecule has 6 heteroatoms. The minimum absolute atomic E-state index is 0.0426. The number of fused-ring (bicyclic) bond motifs is 2. The third-order valence-electron chi connectivity index (χ3n) is 4.01. The molecule has 1 aliphatic carbocycles. The van der Waals surface area contributed by atoms with Gasteiger partial charge < -0.3 is 5.11 Å². The van der Waals surface area contributed by atoms with Gasteiger partial charge in [-0.05, 0) is 53.4 Å². The summed E-state index contributed by atoms with van der Waals surface area (Å²) in [7, 11) is 0. The fourth-order valence-corrected chi connectivity index (χ4v) is 3.39. The number of amides is 2. The molecule has 2 fully saturated rings. The third-order valence-corrected chi connectivity index (χ3v) is 4.70. The SMILES string of the molecule is O=C(O)c1cc(N2C(=O)C3CCC(C3)C2=O)ccc1Br. The van der Waals surface area contributed by atoms with Gasteiger partial charge in [-0.15, -0.1) is 0 Å². The van der Waals surface area contributed by atoms with E-state index in [0.29, 0.717) is 16.6 Å². The van der Waals surface area contributed by atoms with E-state index >= 15 is 0 Å². The number of carbonyl (C=O) groups is 3. The van der Waals surface area contributed by atoms with E-state index in [1.165, 1.54) is 6.07 Å². The van der Waals surface area contributed by atoms with Crippen molar-refractivity contribution in [2.45, 2.75) is 19.3 Å². The molecule has 1 aromatic carbocycles. The number of halogens is 1. The second kappa shape index (κ2) is 4.70. The molecule has 2 bridgehead atoms. The molecule has 2 amide bonds. The molecule has 1 saturated heterocycles. The summed E-state index contributed by atoms with van der Waals surface area (Å²) in [5.74, 6) is -1.72. The van der Waals surface area contributed by atoms with Gasteiger partial charge in [-0.1, -0.05) is 0 Å². The lowest BCUT2D eigenvalue weighted by Crippen LogP contribution is -2.46. The summed E-state index contributed by atoms with van der Waals surface area (Å²) in [5.41, 5.74) is 0.387. The molecular weight excluding hydrogens is 326 g/mol. The topological polar surface area (TPSA) is 74.7 Å². The van der Waals surface area contributed by atoms with Gasteiger partial charge in [0.25, 0.3) is 0 Å². The summed E-state index contributed by atoms with van der Waals surface area (Å²) in [6.45, 7) is 0. The molecule has 3 rings (SSSR count). The van der Waals surface area contributed by atoms with Crippen LogP contribution in [-0.4, -0.2) is 22.9 Å². The Balaban J connectivity index is 2.04. The zero-order valence-electron chi connectivity index (χ0n) is 10.5. The summed E-state index contributed by atoms with van der Waals surface area (Å²) in [6, 6.07) is 4.51. The summed E-state index contributed by atoms with van der Waals surface area (Å²) in [6.07, 6.45) is 2.12. The van der Waals surface area contributed by atoms with Crippen molar-refractivity contribution >= 4 is 39.4 Å². The van der Waals surface area contributed by atoms with Crippen LogP contribution in [0.2, 0.25) is 0 Å². The molecule has 1 aromatic rings. The van der Waals surface area contributed by atoms with Crippen molar-refractivity contribution in [2.75, 3.05) is 4.90 Å². The highest BCUT2D eigenvalue weighted by Crippen LogP contribution is 2.40. The van der Waals surface area contributed by atoms with Crippen LogP contribution in [0.4, 0.5) is 5.69 Å². The fraction of sp³-hybridized carbons (Fsp3) is 0.357. The van der Waals surface area contributed by atoms with Gasteiger partial charge in [-0.2, -0.15) is 0 Å². The predicted octanol–water partition coefficient (Wildman–Crippen LogP) is 2.44. The van der Waals surface area contributed by atoms with Gasteiger partial charge in [0.2, 0.25) is 11.8 Å². The number of carboxylic acids is 1. The van der Waals surface area contributed by atoms with E-state index in [9.17, 15) is 14.4 Å². The number of anilines is 1. The Morgan fingerprint density at radius 2 is 1.80 bits per heavy atom. The molecule has 0 spiro atoms. The molecule has 2 unspecified atom stereocenters. The highest BCUT2D eigenvalue weighted by Gasteiger charge is 2.45. The Labute approximate surface area is 123 Å². The monoisotopic (exact) mass is 337 g/mol. The second-order valence-electron chi connectivity index (χ2n) is 5.19. The Morgan fingerprint density at radius 1 is 1.20 bits per heavy atom. The van der Waals surface area contributed by atoms with Crippen LogP contribution in [-0.2, 0) is 9.59 Å². The van der Waals surface area contributed by atoms with Gasteiger partial charge >= 0.3 is 5.97 Å². The first-order valence-corrected chi connectivity index (χ1v) is 7.19. The first kappa shape index (κ1) is 13.3. The Hall–Kier alpha value is -1.69. The number of benzene rings is 1. The average molecular weight is 338 g/mol. The van der Waals surface area contributed by atoms with Crippen molar-refractivity contribution in [1.82, 2.24) is 0 Å². The van der Waals surface area contributed by atoms with Crippen molar-refractivity contribution in [2.24, 2.45) is 11.8 Å². The quantitative estimate of drug-likeness (QED) is 0.841. The van der Waals surface area contributed by atoms with E-state index in [1.54, 1.807) is 12.1 Å². The Kier molecular flexibility index (Phi) is 3.12. The molecule has 104 valence electrons. The van der Waals surface area contributed by atoms with Crippen LogP contribution in [0.1, 0.15) is 29.6 Å². The standard InChI is InChI=1S/C14H12BrNO4/c15-11-4-3-9(6-10(11)14(19)20)16-12(17)7-1-2-8(5-7)13(16)18/h3-4,6-8H,1-2,5H2,(H,19,20). The number of hydrogen-bond donors (Lipinski definition) is 1. The lowest BCUT2D eigenvalue weighted by molar-refractivity contribution is -0.133. The second-order valence-corrected chi connectivity index (χ2v) is 6.04. The van der Waals surface area contributed by atoms with Crippen LogP contribution < -0.4 is 4.90 Å². The Bertz CT molecular complexity index is 606. The molecule has 2 atom stereocenters. The number of carboxylic acid groups (broad SMARTS) is 1. The minimum Gasteiger partial charge on any atom is -0.478 e. The van der Waals surface area contributed by atoms with Crippen LogP contribution in [0.25, 0.3) is 0 Å². The van der Waals surface area contributed by atoms with Crippen LogP contribution in [0, 0.1) is 11.8 Å². The number of carbonyl (C=O) groups excluding carboxylic acids is 2. The summed E-state index contributed by atoms with van der Waals surface area (Å²) < 4.78 is 0.425. The van der Waals surface area contributed by atoms with Crippen molar-refractivity contribution in [1.29, 1.82) is 0 Å². The van der Waals surface area contributed by atoms with Crippen molar-refractivity contribution in [3.63, 3.8) is 0 Å². The molecule has 2 aliphatic rings. The van der Waals surface area contributed by atoms with E-state index in [1.807, 2.05) is 0 Å². The highest BCUT2D eigenvalue weighted by molar-refractivity contribution is 9.10. The van der Waals surface area contributed by atoms with E-state index in [-0.39, 0.29) is 29.2 Å². The molecule has 1 heterocycles. The summed E-state index contributed by atoms with van der Waals surface area (Å²) in [5, 5.41) is 9.12. The van der Waals surface area contributed by atoms with Crippen molar-refractivity contribution in [3.05, 3.63) is 28.2 Å². The first-order chi connectivity index (χ1) is 9.49. The molecular formula is C14H12BrNO4. The maximum absolute atomic E-state index is 12.3. The number of hydrogen-bond acceptors (Lipinski definition) is 3. The highest BCUT2D eigenvalue weighted by atomic mass is 79.9. The van der Waals surface area contributed by atoms with Gasteiger partial charge in [0.15, 0.2) is 0 Å². The van der Waals surface area contributed by atoms with Crippen LogP contribution >= 0.6 is 15.9 Å². The number of imide groups is 1. The molecule has 1 N–H and O–H groups in total. The number of aromatic carboxylic acids is 1. The van der Waals surface area contributed by atoms with E-state index < -0.39 is 5.97 Å². The first-order valence-electron chi connectivity index (χ1n) is 6.39. The largest absolute Gasteiger partial charge is 0.478 e. The lowest BCUT2D eigenvalue weighted by Gasteiger charge is -2.29. The van der Waals surface area contributed by atoms with Gasteiger partial charge in [0, 0.05) is 16.3 Å². The number of nitrogens with zero attached hydrogens (tertiary/aromatic N) is 1. The van der Waals surface area contributed by atoms with E-state index in [0.717, 1.165) is 17.7 Å². The lowest BCUT2D eigenvalue weighted by atomic mass is 9.96. The molecule has 0 radical (unpaired) electrons. The maximum atomic E-state index is 12.3. The fourth-order valence-electron chi connectivity index (χ4n) is 2.97. The normalized spacial score (nSPS) is 25.1. The van der Waals surface area contributed by atoms with E-state index in [2.05, 4.69) is 15.9 Å². The molecule has 1 saturated carbocycles. The molecule has 1 aliphatic heterocycles. The predicted molar refractivity (Wildman–Crippen MR) is 74.4 cm³/mol. The Morgan fingerprint density at radius 3 is 2.35 bits per heavy atom. The van der Waals surface area contributed by atoms with Crippen molar-refractivity contribution in [3.8, 4) is 0 Å². The third kappa shape index (κ3) is 1.95. The van der Waals surface area contributed by atoms with Gasteiger partial charge in [-0.3, -0.25) is 14.5 Å². The van der Waals surface area contributed by atoms with Crippen LogP contribution in [0.3, 0.4) is 0 Å².